The fourth-order valence-corrected chi connectivity index (χ4v) is 3.71. The summed E-state index contributed by atoms with van der Waals surface area (Å²) in [4.78, 5) is 27.3. The molecule has 3 rings (SSSR count). The van der Waals surface area contributed by atoms with Gasteiger partial charge in [0.25, 0.3) is 11.7 Å². The summed E-state index contributed by atoms with van der Waals surface area (Å²) in [6, 6.07) is 11.3. The SMILES string of the molecule is CCCN1C(=O)C(=O)/C(=C(/O)c2cc(OC)ccc2OC)C1c1ccccc1OC. The van der Waals surface area contributed by atoms with Gasteiger partial charge >= 0.3 is 0 Å². The maximum atomic E-state index is 13.0. The Bertz CT molecular complexity index is 997. The smallest absolute Gasteiger partial charge is 0.295 e. The quantitative estimate of drug-likeness (QED) is 0.426. The molecule has 1 unspecified atom stereocenters. The van der Waals surface area contributed by atoms with Gasteiger partial charge in [0.15, 0.2) is 0 Å². The fraction of sp³-hybridized carbons (Fsp3) is 0.304. The number of carbonyl (C=O) groups is 2. The Morgan fingerprint density at radius 2 is 1.70 bits per heavy atom. The van der Waals surface area contributed by atoms with Crippen molar-refractivity contribution in [3.63, 3.8) is 0 Å². The van der Waals surface area contributed by atoms with Gasteiger partial charge in [-0.25, -0.2) is 0 Å². The maximum Gasteiger partial charge on any atom is 0.295 e. The van der Waals surface area contributed by atoms with Crippen molar-refractivity contribution < 1.29 is 28.9 Å². The van der Waals surface area contributed by atoms with Gasteiger partial charge in [0.2, 0.25) is 0 Å². The van der Waals surface area contributed by atoms with Crippen LogP contribution in [-0.4, -0.2) is 49.6 Å². The first-order valence-corrected chi connectivity index (χ1v) is 9.62. The lowest BCUT2D eigenvalue weighted by molar-refractivity contribution is -0.139. The van der Waals surface area contributed by atoms with Crippen LogP contribution >= 0.6 is 0 Å². The minimum Gasteiger partial charge on any atom is -0.507 e. The van der Waals surface area contributed by atoms with Crippen molar-refractivity contribution in [1.82, 2.24) is 4.90 Å². The summed E-state index contributed by atoms with van der Waals surface area (Å²) >= 11 is 0. The molecular weight excluding hydrogens is 386 g/mol. The molecule has 0 radical (unpaired) electrons. The molecule has 1 amide bonds. The van der Waals surface area contributed by atoms with Crippen LogP contribution in [0.15, 0.2) is 48.0 Å². The van der Waals surface area contributed by atoms with Crippen molar-refractivity contribution in [1.29, 1.82) is 0 Å². The highest BCUT2D eigenvalue weighted by molar-refractivity contribution is 6.46. The van der Waals surface area contributed by atoms with E-state index in [-0.39, 0.29) is 16.9 Å². The van der Waals surface area contributed by atoms with Crippen molar-refractivity contribution in [3.8, 4) is 17.2 Å². The molecule has 1 N–H and O–H groups in total. The number of hydrogen-bond acceptors (Lipinski definition) is 6. The Hall–Kier alpha value is -3.48. The normalized spacial score (nSPS) is 17.9. The van der Waals surface area contributed by atoms with E-state index in [9.17, 15) is 14.7 Å². The van der Waals surface area contributed by atoms with Crippen molar-refractivity contribution >= 4 is 17.4 Å². The third-order valence-electron chi connectivity index (χ3n) is 5.10. The van der Waals surface area contributed by atoms with E-state index in [1.54, 1.807) is 42.5 Å². The number of para-hydroxylation sites is 1. The predicted octanol–water partition coefficient (Wildman–Crippen LogP) is 3.54. The highest BCUT2D eigenvalue weighted by Gasteiger charge is 2.46. The molecule has 1 saturated heterocycles. The van der Waals surface area contributed by atoms with Gasteiger partial charge in [-0.05, 0) is 30.7 Å². The van der Waals surface area contributed by atoms with Gasteiger partial charge in [-0.1, -0.05) is 25.1 Å². The number of benzene rings is 2. The average molecular weight is 411 g/mol. The molecule has 0 aliphatic carbocycles. The summed E-state index contributed by atoms with van der Waals surface area (Å²) in [5.74, 6) is -0.367. The van der Waals surface area contributed by atoms with Crippen LogP contribution in [0.25, 0.3) is 5.76 Å². The fourth-order valence-electron chi connectivity index (χ4n) is 3.71. The molecule has 1 fully saturated rings. The Morgan fingerprint density at radius 1 is 1.00 bits per heavy atom. The molecule has 1 atom stereocenters. The summed E-state index contributed by atoms with van der Waals surface area (Å²) in [5.41, 5.74) is 0.881. The van der Waals surface area contributed by atoms with Gasteiger partial charge in [-0.2, -0.15) is 0 Å². The molecule has 2 aromatic carbocycles. The second-order valence-electron chi connectivity index (χ2n) is 6.80. The molecule has 1 aliphatic heterocycles. The number of Topliss-reactive ketones (excluding diaryl/α,β-unsaturated/α-hetero) is 1. The molecule has 1 aliphatic rings. The number of ketones is 1. The third-order valence-corrected chi connectivity index (χ3v) is 5.10. The number of methoxy groups -OCH3 is 3. The van der Waals surface area contributed by atoms with Crippen molar-refractivity contribution in [2.45, 2.75) is 19.4 Å². The summed E-state index contributed by atoms with van der Waals surface area (Å²) < 4.78 is 16.1. The van der Waals surface area contributed by atoms with E-state index in [4.69, 9.17) is 14.2 Å². The predicted molar refractivity (Wildman–Crippen MR) is 112 cm³/mol. The van der Waals surface area contributed by atoms with Crippen LogP contribution in [0.5, 0.6) is 17.2 Å². The number of nitrogens with zero attached hydrogens (tertiary/aromatic N) is 1. The van der Waals surface area contributed by atoms with E-state index in [0.29, 0.717) is 35.8 Å². The van der Waals surface area contributed by atoms with E-state index in [1.165, 1.54) is 26.2 Å². The third kappa shape index (κ3) is 3.58. The molecule has 1 heterocycles. The summed E-state index contributed by atoms with van der Waals surface area (Å²) in [7, 11) is 4.49. The summed E-state index contributed by atoms with van der Waals surface area (Å²) in [5, 5.41) is 11.2. The first-order chi connectivity index (χ1) is 14.5. The van der Waals surface area contributed by atoms with Crippen molar-refractivity contribution in [3.05, 3.63) is 59.2 Å². The van der Waals surface area contributed by atoms with Gasteiger partial charge in [0, 0.05) is 12.1 Å². The first-order valence-electron chi connectivity index (χ1n) is 9.62. The molecule has 7 heteroatoms. The Labute approximate surface area is 175 Å². The molecular formula is C23H25NO6. The van der Waals surface area contributed by atoms with E-state index in [0.717, 1.165) is 0 Å². The number of aliphatic hydroxyl groups excluding tert-OH is 1. The zero-order valence-corrected chi connectivity index (χ0v) is 17.5. The molecule has 0 saturated carbocycles. The number of hydrogen-bond donors (Lipinski definition) is 1. The van der Waals surface area contributed by atoms with Crippen LogP contribution in [-0.2, 0) is 9.59 Å². The molecule has 7 nitrogen and oxygen atoms in total. The van der Waals surface area contributed by atoms with Crippen LogP contribution < -0.4 is 14.2 Å². The topological polar surface area (TPSA) is 85.3 Å². The number of likely N-dealkylation sites (tertiary alicyclic amines) is 1. The van der Waals surface area contributed by atoms with Crippen LogP contribution in [0.3, 0.4) is 0 Å². The molecule has 30 heavy (non-hydrogen) atoms. The maximum absolute atomic E-state index is 13.0. The van der Waals surface area contributed by atoms with Gasteiger partial charge in [0.05, 0.1) is 38.5 Å². The standard InChI is InChI=1S/C23H25NO6/c1-5-12-24-20(15-8-6-7-9-17(15)29-3)19(22(26)23(24)27)21(25)16-13-14(28-2)10-11-18(16)30-4/h6-11,13,20,25H,5,12H2,1-4H3/b21-19+. The minimum atomic E-state index is -0.781. The van der Waals surface area contributed by atoms with E-state index in [2.05, 4.69) is 0 Å². The van der Waals surface area contributed by atoms with Gasteiger partial charge in [-0.15, -0.1) is 0 Å². The molecule has 158 valence electrons. The van der Waals surface area contributed by atoms with Gasteiger partial charge in [-0.3, -0.25) is 9.59 Å². The zero-order chi connectivity index (χ0) is 21.8. The lowest BCUT2D eigenvalue weighted by Gasteiger charge is -2.26. The second kappa shape index (κ2) is 8.90. The average Bonchev–Trinajstić information content (AvgIpc) is 3.03. The zero-order valence-electron chi connectivity index (χ0n) is 17.5. The molecule has 0 bridgehead atoms. The molecule has 0 aromatic heterocycles. The Balaban J connectivity index is 2.29. The van der Waals surface area contributed by atoms with Gasteiger partial charge < -0.3 is 24.2 Å². The van der Waals surface area contributed by atoms with Crippen LogP contribution in [0.4, 0.5) is 0 Å². The van der Waals surface area contributed by atoms with Crippen LogP contribution in [0, 0.1) is 0 Å². The molecule has 2 aromatic rings. The van der Waals surface area contributed by atoms with Crippen LogP contribution in [0.2, 0.25) is 0 Å². The van der Waals surface area contributed by atoms with Crippen LogP contribution in [0.1, 0.15) is 30.5 Å². The van der Waals surface area contributed by atoms with E-state index in [1.807, 2.05) is 6.92 Å². The van der Waals surface area contributed by atoms with Crippen molar-refractivity contribution in [2.24, 2.45) is 0 Å². The van der Waals surface area contributed by atoms with E-state index >= 15 is 0 Å². The highest BCUT2D eigenvalue weighted by Crippen LogP contribution is 2.44. The lowest BCUT2D eigenvalue weighted by Crippen LogP contribution is -2.30. The molecule has 0 spiro atoms. The number of rotatable bonds is 7. The summed E-state index contributed by atoms with van der Waals surface area (Å²) in [6.07, 6.45) is 0.654. The number of amides is 1. The first kappa shape index (κ1) is 21.2. The largest absolute Gasteiger partial charge is 0.507 e. The highest BCUT2D eigenvalue weighted by atomic mass is 16.5. The van der Waals surface area contributed by atoms with E-state index < -0.39 is 17.7 Å². The Morgan fingerprint density at radius 3 is 2.33 bits per heavy atom. The number of aliphatic hydroxyl groups is 1. The monoisotopic (exact) mass is 411 g/mol. The Kier molecular flexibility index (Phi) is 6.30. The second-order valence-corrected chi connectivity index (χ2v) is 6.80. The minimum absolute atomic E-state index is 0.00972. The van der Waals surface area contributed by atoms with Gasteiger partial charge in [0.1, 0.15) is 23.0 Å². The number of carbonyl (C=O) groups excluding carboxylic acids is 2. The summed E-state index contributed by atoms with van der Waals surface area (Å²) in [6.45, 7) is 2.28. The number of ether oxygens (including phenoxy) is 3. The van der Waals surface area contributed by atoms with Crippen molar-refractivity contribution in [2.75, 3.05) is 27.9 Å². The lowest BCUT2D eigenvalue weighted by atomic mass is 9.94.